The van der Waals surface area contributed by atoms with Crippen molar-refractivity contribution in [3.63, 3.8) is 0 Å². The Kier molecular flexibility index (Phi) is 4.20. The fourth-order valence-electron chi connectivity index (χ4n) is 2.17. The van der Waals surface area contributed by atoms with Crippen LogP contribution in [0, 0.1) is 0 Å². The maximum absolute atomic E-state index is 11.3. The highest BCUT2D eigenvalue weighted by Gasteiger charge is 2.14. The quantitative estimate of drug-likeness (QED) is 0.851. The summed E-state index contributed by atoms with van der Waals surface area (Å²) in [4.78, 5) is 13.5. The highest BCUT2D eigenvalue weighted by Crippen LogP contribution is 2.21. The molecule has 1 aromatic carbocycles. The Balaban J connectivity index is 2.06. The fourth-order valence-corrected chi connectivity index (χ4v) is 2.17. The molecule has 0 saturated carbocycles. The molecule has 98 valence electrons. The fraction of sp³-hybridized carbons (Fsp3) is 0.500. The van der Waals surface area contributed by atoms with Crippen molar-refractivity contribution in [3.05, 3.63) is 29.8 Å². The standard InChI is InChI=1S/C14H20N2O2/c1-2-13(17)11-3-5-12(6-4-11)16-9-7-14(18)15-8-10-16/h3-6,13,17H,2,7-10H2,1H3,(H,15,18)/t13-/m0/s1. The van der Waals surface area contributed by atoms with E-state index in [2.05, 4.69) is 10.2 Å². The molecule has 2 rings (SSSR count). The maximum atomic E-state index is 11.3. The van der Waals surface area contributed by atoms with Gasteiger partial charge in [-0.05, 0) is 24.1 Å². The molecule has 4 nitrogen and oxygen atoms in total. The lowest BCUT2D eigenvalue weighted by molar-refractivity contribution is -0.120. The predicted molar refractivity (Wildman–Crippen MR) is 71.5 cm³/mol. The number of nitrogens with zero attached hydrogens (tertiary/aromatic N) is 1. The van der Waals surface area contributed by atoms with Crippen molar-refractivity contribution in [3.8, 4) is 0 Å². The summed E-state index contributed by atoms with van der Waals surface area (Å²) in [6.45, 7) is 4.24. The van der Waals surface area contributed by atoms with Crippen LogP contribution in [-0.4, -0.2) is 30.6 Å². The number of nitrogens with one attached hydrogen (secondary N) is 1. The molecule has 0 unspecified atom stereocenters. The number of aliphatic hydroxyl groups excluding tert-OH is 1. The molecule has 1 fully saturated rings. The molecule has 1 saturated heterocycles. The molecule has 0 bridgehead atoms. The van der Waals surface area contributed by atoms with Gasteiger partial charge in [0.15, 0.2) is 0 Å². The zero-order chi connectivity index (χ0) is 13.0. The van der Waals surface area contributed by atoms with Gasteiger partial charge >= 0.3 is 0 Å². The molecule has 0 aromatic heterocycles. The summed E-state index contributed by atoms with van der Waals surface area (Å²) in [7, 11) is 0. The second kappa shape index (κ2) is 5.87. The number of rotatable bonds is 3. The van der Waals surface area contributed by atoms with Gasteiger partial charge in [-0.2, -0.15) is 0 Å². The minimum Gasteiger partial charge on any atom is -0.388 e. The monoisotopic (exact) mass is 248 g/mol. The van der Waals surface area contributed by atoms with Crippen LogP contribution in [0.25, 0.3) is 0 Å². The average molecular weight is 248 g/mol. The highest BCUT2D eigenvalue weighted by molar-refractivity contribution is 5.77. The Morgan fingerprint density at radius 1 is 1.33 bits per heavy atom. The van der Waals surface area contributed by atoms with Crippen molar-refractivity contribution >= 4 is 11.6 Å². The van der Waals surface area contributed by atoms with E-state index in [0.717, 1.165) is 30.8 Å². The molecule has 18 heavy (non-hydrogen) atoms. The van der Waals surface area contributed by atoms with Crippen molar-refractivity contribution < 1.29 is 9.90 Å². The molecule has 1 aliphatic rings. The summed E-state index contributed by atoms with van der Waals surface area (Å²) in [5, 5.41) is 12.6. The Morgan fingerprint density at radius 3 is 2.72 bits per heavy atom. The topological polar surface area (TPSA) is 52.6 Å². The first-order chi connectivity index (χ1) is 8.70. The molecule has 0 radical (unpaired) electrons. The van der Waals surface area contributed by atoms with Crippen LogP contribution in [0.2, 0.25) is 0 Å². The van der Waals surface area contributed by atoms with E-state index in [-0.39, 0.29) is 12.0 Å². The lowest BCUT2D eigenvalue weighted by Gasteiger charge is -2.22. The summed E-state index contributed by atoms with van der Waals surface area (Å²) < 4.78 is 0. The Morgan fingerprint density at radius 2 is 2.06 bits per heavy atom. The average Bonchev–Trinajstić information content (AvgIpc) is 2.63. The Bertz CT molecular complexity index is 403. The lowest BCUT2D eigenvalue weighted by Crippen LogP contribution is -2.28. The second-order valence-electron chi connectivity index (χ2n) is 4.60. The van der Waals surface area contributed by atoms with Crippen molar-refractivity contribution in [1.29, 1.82) is 0 Å². The van der Waals surface area contributed by atoms with Gasteiger partial charge in [0, 0.05) is 31.7 Å². The molecule has 1 amide bonds. The van der Waals surface area contributed by atoms with Gasteiger partial charge in [0.2, 0.25) is 5.91 Å². The molecule has 0 spiro atoms. The zero-order valence-corrected chi connectivity index (χ0v) is 10.7. The molecular formula is C14H20N2O2. The first kappa shape index (κ1) is 12.9. The van der Waals surface area contributed by atoms with Crippen LogP contribution < -0.4 is 10.2 Å². The largest absolute Gasteiger partial charge is 0.388 e. The van der Waals surface area contributed by atoms with Crippen LogP contribution in [0.1, 0.15) is 31.4 Å². The first-order valence-corrected chi connectivity index (χ1v) is 6.50. The van der Waals surface area contributed by atoms with Gasteiger partial charge in [0.05, 0.1) is 6.10 Å². The number of carbonyl (C=O) groups is 1. The Hall–Kier alpha value is -1.55. The zero-order valence-electron chi connectivity index (χ0n) is 10.7. The SMILES string of the molecule is CC[C@H](O)c1ccc(N2CCNC(=O)CC2)cc1. The number of amides is 1. The highest BCUT2D eigenvalue weighted by atomic mass is 16.3. The van der Waals surface area contributed by atoms with Crippen molar-refractivity contribution in [2.75, 3.05) is 24.5 Å². The van der Waals surface area contributed by atoms with Crippen LogP contribution in [-0.2, 0) is 4.79 Å². The molecule has 1 heterocycles. The summed E-state index contributed by atoms with van der Waals surface area (Å²) in [5.74, 6) is 0.121. The van der Waals surface area contributed by atoms with E-state index in [1.54, 1.807) is 0 Å². The van der Waals surface area contributed by atoms with E-state index in [0.29, 0.717) is 13.0 Å². The lowest BCUT2D eigenvalue weighted by atomic mass is 10.1. The van der Waals surface area contributed by atoms with Gasteiger partial charge in [-0.3, -0.25) is 4.79 Å². The van der Waals surface area contributed by atoms with Gasteiger partial charge in [0.1, 0.15) is 0 Å². The minimum atomic E-state index is -0.383. The van der Waals surface area contributed by atoms with Crippen LogP contribution in [0.3, 0.4) is 0 Å². The summed E-state index contributed by atoms with van der Waals surface area (Å²) in [6.07, 6.45) is 0.882. The maximum Gasteiger partial charge on any atom is 0.221 e. The van der Waals surface area contributed by atoms with Gasteiger partial charge in [-0.15, -0.1) is 0 Å². The van der Waals surface area contributed by atoms with E-state index < -0.39 is 0 Å². The summed E-state index contributed by atoms with van der Waals surface area (Å²) in [6, 6.07) is 7.96. The molecule has 0 aliphatic carbocycles. The number of hydrogen-bond donors (Lipinski definition) is 2. The van der Waals surface area contributed by atoms with E-state index >= 15 is 0 Å². The van der Waals surface area contributed by atoms with Crippen LogP contribution in [0.5, 0.6) is 0 Å². The predicted octanol–water partition coefficient (Wildman–Crippen LogP) is 1.46. The number of carbonyl (C=O) groups excluding carboxylic acids is 1. The minimum absolute atomic E-state index is 0.121. The van der Waals surface area contributed by atoms with Gasteiger partial charge in [0.25, 0.3) is 0 Å². The van der Waals surface area contributed by atoms with Crippen molar-refractivity contribution in [1.82, 2.24) is 5.32 Å². The second-order valence-corrected chi connectivity index (χ2v) is 4.60. The number of benzene rings is 1. The van der Waals surface area contributed by atoms with Crippen LogP contribution >= 0.6 is 0 Å². The number of aliphatic hydroxyl groups is 1. The number of hydrogen-bond acceptors (Lipinski definition) is 3. The van der Waals surface area contributed by atoms with Gasteiger partial charge < -0.3 is 15.3 Å². The van der Waals surface area contributed by atoms with E-state index in [1.165, 1.54) is 0 Å². The number of anilines is 1. The van der Waals surface area contributed by atoms with Crippen molar-refractivity contribution in [2.24, 2.45) is 0 Å². The molecule has 1 aromatic rings. The third kappa shape index (κ3) is 3.01. The van der Waals surface area contributed by atoms with Crippen molar-refractivity contribution in [2.45, 2.75) is 25.9 Å². The molecule has 4 heteroatoms. The van der Waals surface area contributed by atoms with E-state index in [4.69, 9.17) is 0 Å². The normalized spacial score (nSPS) is 18.1. The summed E-state index contributed by atoms with van der Waals surface area (Å²) >= 11 is 0. The third-order valence-electron chi connectivity index (χ3n) is 3.34. The van der Waals surface area contributed by atoms with E-state index in [9.17, 15) is 9.90 Å². The van der Waals surface area contributed by atoms with Gasteiger partial charge in [-0.1, -0.05) is 19.1 Å². The van der Waals surface area contributed by atoms with E-state index in [1.807, 2.05) is 31.2 Å². The van der Waals surface area contributed by atoms with Crippen LogP contribution in [0.4, 0.5) is 5.69 Å². The van der Waals surface area contributed by atoms with Crippen LogP contribution in [0.15, 0.2) is 24.3 Å². The molecule has 2 N–H and O–H groups in total. The smallest absolute Gasteiger partial charge is 0.221 e. The molecule has 1 aliphatic heterocycles. The molecule has 1 atom stereocenters. The first-order valence-electron chi connectivity index (χ1n) is 6.50. The Labute approximate surface area is 108 Å². The van der Waals surface area contributed by atoms with Gasteiger partial charge in [-0.25, -0.2) is 0 Å². The summed E-state index contributed by atoms with van der Waals surface area (Å²) in [5.41, 5.74) is 2.06. The molecular weight excluding hydrogens is 228 g/mol. The third-order valence-corrected chi connectivity index (χ3v) is 3.34.